The first-order valence-corrected chi connectivity index (χ1v) is 18.4. The molecule has 0 aliphatic carbocycles. The Bertz CT molecular complexity index is 3150. The Labute approximate surface area is 323 Å². The highest BCUT2D eigenvalue weighted by Gasteiger charge is 2.29. The second-order valence-corrected chi connectivity index (χ2v) is 14.0. The Morgan fingerprint density at radius 3 is 1.26 bits per heavy atom. The molecule has 0 spiro atoms. The number of fused-ring (bicyclic) bond motifs is 8. The Hall–Kier alpha value is -8.11. The number of rotatable bonds is 3. The number of aromatic nitrogens is 4. The standard InChI is InChI=1S/C47H26N6O4/c54-45-30-23-28(51-36-9-1-5-13-40(36)56-41-14-6-2-10-37(41)51)17-19-34(30)53-35-20-18-29(52-38-11-3-7-15-42(38)57-43-16-8-4-12-39(43)52)24-31(35)46(55)33-22-27(21-32(45)44(33)53)47-49-25-48-26-50-47/h1-26H. The number of anilines is 6. The molecule has 268 valence electrons. The van der Waals surface area contributed by atoms with Gasteiger partial charge < -0.3 is 23.7 Å². The highest BCUT2D eigenvalue weighted by Crippen LogP contribution is 2.52. The van der Waals surface area contributed by atoms with Crippen LogP contribution in [-0.2, 0) is 0 Å². The van der Waals surface area contributed by atoms with Gasteiger partial charge in [-0.15, -0.1) is 0 Å². The maximum absolute atomic E-state index is 14.9. The van der Waals surface area contributed by atoms with Gasteiger partial charge in [0.15, 0.2) is 39.7 Å². The van der Waals surface area contributed by atoms with Crippen LogP contribution in [0.1, 0.15) is 0 Å². The molecule has 3 aromatic heterocycles. The summed E-state index contributed by atoms with van der Waals surface area (Å²) in [5, 5.41) is 1.74. The average Bonchev–Trinajstić information content (AvgIpc) is 3.27. The van der Waals surface area contributed by atoms with E-state index in [-0.39, 0.29) is 10.9 Å². The topological polar surface area (TPSA) is 102 Å². The highest BCUT2D eigenvalue weighted by molar-refractivity contribution is 6.10. The van der Waals surface area contributed by atoms with Gasteiger partial charge in [0.1, 0.15) is 12.7 Å². The summed E-state index contributed by atoms with van der Waals surface area (Å²) in [6.45, 7) is 0. The van der Waals surface area contributed by atoms with Crippen LogP contribution in [0.2, 0.25) is 0 Å². The van der Waals surface area contributed by atoms with Gasteiger partial charge in [-0.2, -0.15) is 0 Å². The molecule has 0 N–H and O–H groups in total. The number of benzene rings is 7. The Balaban J connectivity index is 1.17. The molecule has 0 radical (unpaired) electrons. The molecule has 10 nitrogen and oxygen atoms in total. The lowest BCUT2D eigenvalue weighted by atomic mass is 9.99. The fourth-order valence-corrected chi connectivity index (χ4v) is 8.45. The minimum atomic E-state index is -0.209. The minimum Gasteiger partial charge on any atom is -0.453 e. The number of para-hydroxylation sites is 8. The van der Waals surface area contributed by atoms with E-state index in [9.17, 15) is 9.59 Å². The van der Waals surface area contributed by atoms with Crippen molar-refractivity contribution in [3.63, 3.8) is 0 Å². The molecule has 0 fully saturated rings. The number of ether oxygens (including phenoxy) is 2. The number of nitrogens with zero attached hydrogens (tertiary/aromatic N) is 6. The molecule has 5 heterocycles. The van der Waals surface area contributed by atoms with Gasteiger partial charge in [-0.3, -0.25) is 9.59 Å². The summed E-state index contributed by atoms with van der Waals surface area (Å²) in [6.07, 6.45) is 2.81. The molecule has 0 saturated carbocycles. The fourth-order valence-electron chi connectivity index (χ4n) is 8.45. The molecule has 0 atom stereocenters. The van der Waals surface area contributed by atoms with Crippen LogP contribution < -0.4 is 30.1 Å². The summed E-state index contributed by atoms with van der Waals surface area (Å²) in [5.41, 5.74) is 6.99. The minimum absolute atomic E-state index is 0.209. The molecule has 57 heavy (non-hydrogen) atoms. The van der Waals surface area contributed by atoms with E-state index in [1.165, 1.54) is 12.7 Å². The Morgan fingerprint density at radius 2 is 0.842 bits per heavy atom. The van der Waals surface area contributed by atoms with Crippen molar-refractivity contribution in [1.82, 2.24) is 19.4 Å². The second-order valence-electron chi connectivity index (χ2n) is 14.0. The van der Waals surface area contributed by atoms with Gasteiger partial charge >= 0.3 is 0 Å². The van der Waals surface area contributed by atoms with Crippen molar-refractivity contribution < 1.29 is 9.47 Å². The third kappa shape index (κ3) is 4.49. The molecule has 0 amide bonds. The number of hydrogen-bond acceptors (Lipinski definition) is 9. The molecular weight excluding hydrogens is 713 g/mol. The first-order chi connectivity index (χ1) is 28.1. The van der Waals surface area contributed by atoms with Gasteiger partial charge in [0.25, 0.3) is 0 Å². The van der Waals surface area contributed by atoms with E-state index in [4.69, 9.17) is 9.47 Å². The SMILES string of the molecule is O=c1c2cc(N3c4ccccc4Oc4ccccc43)ccc2n2c3ccc(N4c5ccccc5Oc5ccccc54)cc3c(=O)c3cc(-c4ncncn4)cc1c32. The van der Waals surface area contributed by atoms with Gasteiger partial charge in [0.2, 0.25) is 0 Å². The van der Waals surface area contributed by atoms with Crippen LogP contribution >= 0.6 is 0 Å². The first kappa shape index (κ1) is 31.3. The monoisotopic (exact) mass is 738 g/mol. The van der Waals surface area contributed by atoms with Crippen molar-refractivity contribution in [3.8, 4) is 34.4 Å². The van der Waals surface area contributed by atoms with Gasteiger partial charge in [-0.1, -0.05) is 48.5 Å². The fraction of sp³-hybridized carbons (Fsp3) is 0. The molecule has 0 unspecified atom stereocenters. The number of pyridine rings is 2. The smallest absolute Gasteiger partial charge is 0.197 e. The predicted molar refractivity (Wildman–Crippen MR) is 222 cm³/mol. The maximum Gasteiger partial charge on any atom is 0.197 e. The van der Waals surface area contributed by atoms with Crippen molar-refractivity contribution in [2.45, 2.75) is 0 Å². The van der Waals surface area contributed by atoms with Gasteiger partial charge in [0, 0.05) is 38.5 Å². The lowest BCUT2D eigenvalue weighted by Gasteiger charge is -2.33. The molecule has 0 saturated heterocycles. The van der Waals surface area contributed by atoms with Gasteiger partial charge in [0.05, 0.1) is 39.3 Å². The molecule has 2 aliphatic heterocycles. The van der Waals surface area contributed by atoms with Gasteiger partial charge in [-0.05, 0) is 97.1 Å². The highest BCUT2D eigenvalue weighted by atomic mass is 16.5. The van der Waals surface area contributed by atoms with E-state index in [1.807, 2.05) is 138 Å². The molecule has 0 bridgehead atoms. The Kier molecular flexibility index (Phi) is 6.41. The van der Waals surface area contributed by atoms with Crippen LogP contribution in [0.25, 0.3) is 49.5 Å². The first-order valence-electron chi connectivity index (χ1n) is 18.4. The van der Waals surface area contributed by atoms with Crippen molar-refractivity contribution in [1.29, 1.82) is 0 Å². The van der Waals surface area contributed by atoms with Crippen LogP contribution in [0, 0.1) is 0 Å². The molecule has 10 aromatic rings. The summed E-state index contributed by atoms with van der Waals surface area (Å²) >= 11 is 0. The zero-order valence-corrected chi connectivity index (χ0v) is 29.8. The van der Waals surface area contributed by atoms with Crippen LogP contribution in [0.4, 0.5) is 34.1 Å². The molecule has 10 heteroatoms. The molecular formula is C47H26N6O4. The van der Waals surface area contributed by atoms with E-state index in [0.717, 1.165) is 34.1 Å². The van der Waals surface area contributed by atoms with Crippen LogP contribution in [0.15, 0.2) is 168 Å². The summed E-state index contributed by atoms with van der Waals surface area (Å²) in [7, 11) is 0. The zero-order chi connectivity index (χ0) is 37.8. The van der Waals surface area contributed by atoms with Crippen LogP contribution in [0.5, 0.6) is 23.0 Å². The average molecular weight is 739 g/mol. The summed E-state index contributed by atoms with van der Waals surface area (Å²) in [4.78, 5) is 46.8. The van der Waals surface area contributed by atoms with Crippen molar-refractivity contribution in [2.24, 2.45) is 0 Å². The second kappa shape index (κ2) is 11.7. The molecule has 2 aliphatic rings. The summed E-state index contributed by atoms with van der Waals surface area (Å²) in [5.74, 6) is 3.20. The quantitative estimate of drug-likeness (QED) is 0.129. The van der Waals surface area contributed by atoms with E-state index in [0.29, 0.717) is 72.5 Å². The molecule has 7 aromatic carbocycles. The maximum atomic E-state index is 14.9. The normalized spacial score (nSPS) is 12.9. The van der Waals surface area contributed by atoms with E-state index in [2.05, 4.69) is 24.8 Å². The van der Waals surface area contributed by atoms with Crippen molar-refractivity contribution in [3.05, 3.63) is 179 Å². The van der Waals surface area contributed by atoms with Crippen LogP contribution in [-0.4, -0.2) is 19.4 Å². The van der Waals surface area contributed by atoms with Gasteiger partial charge in [-0.25, -0.2) is 15.0 Å². The third-order valence-corrected chi connectivity index (χ3v) is 10.9. The number of hydrogen-bond donors (Lipinski definition) is 0. The lowest BCUT2D eigenvalue weighted by Crippen LogP contribution is -2.18. The third-order valence-electron chi connectivity index (χ3n) is 10.9. The zero-order valence-electron chi connectivity index (χ0n) is 29.8. The molecule has 12 rings (SSSR count). The predicted octanol–water partition coefficient (Wildman–Crippen LogP) is 10.6. The Morgan fingerprint density at radius 1 is 0.439 bits per heavy atom. The van der Waals surface area contributed by atoms with Crippen molar-refractivity contribution >= 4 is 72.2 Å². The van der Waals surface area contributed by atoms with Crippen LogP contribution in [0.3, 0.4) is 0 Å². The van der Waals surface area contributed by atoms with E-state index < -0.39 is 0 Å². The van der Waals surface area contributed by atoms with E-state index >= 15 is 0 Å². The summed E-state index contributed by atoms with van der Waals surface area (Å²) < 4.78 is 14.6. The largest absolute Gasteiger partial charge is 0.453 e. The summed E-state index contributed by atoms with van der Waals surface area (Å²) in [6, 6.07) is 46.8. The van der Waals surface area contributed by atoms with Crippen molar-refractivity contribution in [2.75, 3.05) is 9.80 Å². The lowest BCUT2D eigenvalue weighted by molar-refractivity contribution is 0.477. The van der Waals surface area contributed by atoms with E-state index in [1.54, 1.807) is 12.1 Å².